The minimum atomic E-state index is -3.57. The molecule has 0 aromatic heterocycles. The minimum absolute atomic E-state index is 0.0108. The Balaban J connectivity index is 1.83. The number of rotatable bonds is 2. The zero-order chi connectivity index (χ0) is 15.5. The highest BCUT2D eigenvalue weighted by Gasteiger charge is 2.56. The molecule has 0 spiro atoms. The predicted octanol–water partition coefficient (Wildman–Crippen LogP) is -1.04. The first-order valence-electron chi connectivity index (χ1n) is 7.24. The lowest BCUT2D eigenvalue weighted by Gasteiger charge is -2.39. The topological polar surface area (TPSA) is 78.0 Å². The maximum atomic E-state index is 12.5. The van der Waals surface area contributed by atoms with Crippen LogP contribution in [0.15, 0.2) is 0 Å². The lowest BCUT2D eigenvalue weighted by molar-refractivity contribution is -0.142. The Hall–Kier alpha value is -1.15. The zero-order valence-corrected chi connectivity index (χ0v) is 13.3. The molecule has 0 aromatic rings. The van der Waals surface area contributed by atoms with E-state index in [2.05, 4.69) is 4.90 Å². The van der Waals surface area contributed by atoms with Crippen molar-refractivity contribution in [2.45, 2.75) is 25.4 Å². The normalized spacial score (nSPS) is 34.2. The Kier molecular flexibility index (Phi) is 3.29. The molecule has 2 amide bonds. The maximum Gasteiger partial charge on any atom is 0.241 e. The fourth-order valence-electron chi connectivity index (χ4n) is 3.92. The number of carbonyl (C=O) groups is 2. The van der Waals surface area contributed by atoms with Crippen LogP contribution in [0.5, 0.6) is 0 Å². The lowest BCUT2D eigenvalue weighted by atomic mass is 9.96. The summed E-state index contributed by atoms with van der Waals surface area (Å²) < 4.78 is 24.7. The van der Waals surface area contributed by atoms with Gasteiger partial charge >= 0.3 is 0 Å². The van der Waals surface area contributed by atoms with E-state index in [1.165, 1.54) is 0 Å². The van der Waals surface area contributed by atoms with Crippen LogP contribution in [0.3, 0.4) is 0 Å². The summed E-state index contributed by atoms with van der Waals surface area (Å²) in [6.07, 6.45) is 1.60. The van der Waals surface area contributed by atoms with Crippen molar-refractivity contribution in [3.8, 4) is 0 Å². The number of fused-ring (bicyclic) bond motifs is 1. The van der Waals surface area contributed by atoms with Gasteiger partial charge in [-0.05, 0) is 13.5 Å². The van der Waals surface area contributed by atoms with E-state index in [0.29, 0.717) is 13.0 Å². The van der Waals surface area contributed by atoms with E-state index in [1.54, 1.807) is 11.8 Å². The van der Waals surface area contributed by atoms with Crippen LogP contribution in [0.1, 0.15) is 13.3 Å². The second kappa shape index (κ2) is 4.67. The molecule has 0 aliphatic carbocycles. The van der Waals surface area contributed by atoms with E-state index in [0.717, 1.165) is 23.7 Å². The van der Waals surface area contributed by atoms with Crippen LogP contribution in [0.2, 0.25) is 0 Å². The van der Waals surface area contributed by atoms with Crippen LogP contribution in [0.4, 0.5) is 0 Å². The molecule has 118 valence electrons. The van der Waals surface area contributed by atoms with Gasteiger partial charge in [0.25, 0.3) is 0 Å². The van der Waals surface area contributed by atoms with Gasteiger partial charge in [0.2, 0.25) is 21.8 Å². The van der Waals surface area contributed by atoms with Crippen LogP contribution >= 0.6 is 0 Å². The number of carbonyl (C=O) groups excluding carboxylic acids is 2. The van der Waals surface area contributed by atoms with E-state index in [1.807, 2.05) is 7.05 Å². The van der Waals surface area contributed by atoms with E-state index in [-0.39, 0.29) is 29.8 Å². The summed E-state index contributed by atoms with van der Waals surface area (Å²) in [5.41, 5.74) is 0. The summed E-state index contributed by atoms with van der Waals surface area (Å²) in [5.74, 6) is -0.774. The van der Waals surface area contributed by atoms with Crippen molar-refractivity contribution in [3.05, 3.63) is 0 Å². The van der Waals surface area contributed by atoms with Gasteiger partial charge in [-0.25, -0.2) is 12.7 Å². The number of hydrogen-bond acceptors (Lipinski definition) is 5. The Labute approximate surface area is 124 Å². The molecule has 0 N–H and O–H groups in total. The fourth-order valence-corrected chi connectivity index (χ4v) is 5.14. The molecule has 3 heterocycles. The van der Waals surface area contributed by atoms with E-state index in [9.17, 15) is 18.0 Å². The van der Waals surface area contributed by atoms with Crippen molar-refractivity contribution in [3.63, 3.8) is 0 Å². The average molecular weight is 315 g/mol. The molecule has 3 saturated heterocycles. The van der Waals surface area contributed by atoms with Crippen molar-refractivity contribution >= 4 is 21.8 Å². The van der Waals surface area contributed by atoms with Crippen molar-refractivity contribution < 1.29 is 18.0 Å². The standard InChI is InChI=1S/C13H21N3O4S/c1-8-11-10(16(12(8)17)21(3,19)20)4-5-15(11)13(18)9-6-14(2)7-9/h8-11H,4-7H2,1-3H3. The number of sulfonamides is 1. The molecule has 0 aromatic carbocycles. The second-order valence-corrected chi connectivity index (χ2v) is 8.34. The van der Waals surface area contributed by atoms with Crippen molar-refractivity contribution in [2.24, 2.45) is 11.8 Å². The molecule has 0 saturated carbocycles. The molecular weight excluding hydrogens is 294 g/mol. The first-order chi connectivity index (χ1) is 9.71. The van der Waals surface area contributed by atoms with E-state index < -0.39 is 15.9 Å². The van der Waals surface area contributed by atoms with Crippen molar-refractivity contribution in [1.29, 1.82) is 0 Å². The van der Waals surface area contributed by atoms with Crippen LogP contribution in [-0.2, 0) is 19.6 Å². The summed E-state index contributed by atoms with van der Waals surface area (Å²) >= 11 is 0. The molecule has 3 aliphatic rings. The van der Waals surface area contributed by atoms with Crippen LogP contribution in [0.25, 0.3) is 0 Å². The molecule has 3 fully saturated rings. The van der Waals surface area contributed by atoms with Gasteiger partial charge in [0, 0.05) is 19.6 Å². The van der Waals surface area contributed by atoms with Gasteiger partial charge in [0.05, 0.1) is 30.2 Å². The summed E-state index contributed by atoms with van der Waals surface area (Å²) in [4.78, 5) is 28.6. The first-order valence-corrected chi connectivity index (χ1v) is 9.09. The SMILES string of the molecule is CC1C(=O)N(S(C)(=O)=O)C2CCN(C(=O)C3CN(C)C3)C12. The summed E-state index contributed by atoms with van der Waals surface area (Å²) in [6.45, 7) is 3.75. The zero-order valence-electron chi connectivity index (χ0n) is 12.5. The third kappa shape index (κ3) is 2.15. The molecule has 8 heteroatoms. The Morgan fingerprint density at radius 2 is 1.90 bits per heavy atom. The largest absolute Gasteiger partial charge is 0.336 e. The molecule has 3 unspecified atom stereocenters. The van der Waals surface area contributed by atoms with Crippen LogP contribution in [0, 0.1) is 11.8 Å². The van der Waals surface area contributed by atoms with Crippen molar-refractivity contribution in [2.75, 3.05) is 32.9 Å². The van der Waals surface area contributed by atoms with Crippen LogP contribution < -0.4 is 0 Å². The molecule has 0 bridgehead atoms. The third-order valence-corrected chi connectivity index (χ3v) is 6.06. The molecule has 3 aliphatic heterocycles. The Bertz CT molecular complexity index is 584. The van der Waals surface area contributed by atoms with Gasteiger partial charge in [-0.15, -0.1) is 0 Å². The highest BCUT2D eigenvalue weighted by Crippen LogP contribution is 2.38. The minimum Gasteiger partial charge on any atom is -0.336 e. The number of amides is 2. The van der Waals surface area contributed by atoms with Gasteiger partial charge < -0.3 is 9.80 Å². The van der Waals surface area contributed by atoms with Crippen LogP contribution in [-0.4, -0.2) is 79.4 Å². The van der Waals surface area contributed by atoms with E-state index in [4.69, 9.17) is 0 Å². The lowest BCUT2D eigenvalue weighted by Crippen LogP contribution is -2.54. The van der Waals surface area contributed by atoms with Gasteiger partial charge in [-0.1, -0.05) is 6.92 Å². The smallest absolute Gasteiger partial charge is 0.241 e. The van der Waals surface area contributed by atoms with Gasteiger partial charge in [-0.2, -0.15) is 0 Å². The Morgan fingerprint density at radius 3 is 2.43 bits per heavy atom. The quantitative estimate of drug-likeness (QED) is 0.650. The molecule has 7 nitrogen and oxygen atoms in total. The monoisotopic (exact) mass is 315 g/mol. The highest BCUT2D eigenvalue weighted by molar-refractivity contribution is 7.88. The second-order valence-electron chi connectivity index (χ2n) is 6.48. The van der Waals surface area contributed by atoms with E-state index >= 15 is 0 Å². The summed E-state index contributed by atoms with van der Waals surface area (Å²) in [7, 11) is -1.61. The highest BCUT2D eigenvalue weighted by atomic mass is 32.2. The molecule has 3 rings (SSSR count). The fraction of sp³-hybridized carbons (Fsp3) is 0.846. The number of likely N-dealkylation sites (tertiary alicyclic amines) is 2. The molecule has 21 heavy (non-hydrogen) atoms. The maximum absolute atomic E-state index is 12.5. The molecule has 3 atom stereocenters. The van der Waals surface area contributed by atoms with Gasteiger partial charge in [0.15, 0.2) is 0 Å². The number of nitrogens with zero attached hydrogens (tertiary/aromatic N) is 3. The molecule has 0 radical (unpaired) electrons. The predicted molar refractivity (Wildman–Crippen MR) is 75.7 cm³/mol. The average Bonchev–Trinajstić information content (AvgIpc) is 2.85. The van der Waals surface area contributed by atoms with Gasteiger partial charge in [-0.3, -0.25) is 9.59 Å². The summed E-state index contributed by atoms with van der Waals surface area (Å²) in [6, 6.07) is -0.685. The third-order valence-electron chi connectivity index (χ3n) is 4.89. The Morgan fingerprint density at radius 1 is 1.29 bits per heavy atom. The van der Waals surface area contributed by atoms with Gasteiger partial charge in [0.1, 0.15) is 0 Å². The molecular formula is C13H21N3O4S. The number of hydrogen-bond donors (Lipinski definition) is 0. The first kappa shape index (κ1) is 14.8. The van der Waals surface area contributed by atoms with Crippen molar-refractivity contribution in [1.82, 2.24) is 14.1 Å². The summed E-state index contributed by atoms with van der Waals surface area (Å²) in [5, 5.41) is 0.